The maximum atomic E-state index is 4.89. The Hall–Kier alpha value is -2.13. The number of hydrogen-bond donors (Lipinski definition) is 1. The SMILES string of the molecule is c1ccc(Cn2c([C@@H]3CCCN3)nc3ccccc32)cc1. The fourth-order valence-electron chi connectivity index (χ4n) is 3.20. The van der Waals surface area contributed by atoms with Crippen molar-refractivity contribution < 1.29 is 0 Å². The number of para-hydroxylation sites is 2. The van der Waals surface area contributed by atoms with Gasteiger partial charge < -0.3 is 9.88 Å². The van der Waals surface area contributed by atoms with Crippen LogP contribution in [0.2, 0.25) is 0 Å². The molecule has 1 atom stereocenters. The van der Waals surface area contributed by atoms with Crippen LogP contribution < -0.4 is 5.32 Å². The van der Waals surface area contributed by atoms with Crippen molar-refractivity contribution >= 4 is 11.0 Å². The number of benzene rings is 2. The number of fused-ring (bicyclic) bond motifs is 1. The minimum atomic E-state index is 0.390. The normalized spacial score (nSPS) is 18.4. The maximum Gasteiger partial charge on any atom is 0.127 e. The van der Waals surface area contributed by atoms with Crippen molar-refractivity contribution in [3.8, 4) is 0 Å². The number of aromatic nitrogens is 2. The third-order valence-electron chi connectivity index (χ3n) is 4.24. The van der Waals surface area contributed by atoms with Gasteiger partial charge in [-0.05, 0) is 37.1 Å². The monoisotopic (exact) mass is 277 g/mol. The van der Waals surface area contributed by atoms with E-state index in [1.807, 2.05) is 0 Å². The first-order valence-electron chi connectivity index (χ1n) is 7.64. The Kier molecular flexibility index (Phi) is 3.20. The van der Waals surface area contributed by atoms with E-state index in [-0.39, 0.29) is 0 Å². The Labute approximate surface area is 124 Å². The van der Waals surface area contributed by atoms with Gasteiger partial charge in [0.05, 0.1) is 17.1 Å². The molecule has 0 spiro atoms. The van der Waals surface area contributed by atoms with Crippen molar-refractivity contribution in [2.24, 2.45) is 0 Å². The zero-order valence-corrected chi connectivity index (χ0v) is 12.0. The van der Waals surface area contributed by atoms with E-state index in [0.29, 0.717) is 6.04 Å². The van der Waals surface area contributed by atoms with E-state index in [1.165, 1.54) is 29.7 Å². The Bertz CT molecular complexity index is 740. The van der Waals surface area contributed by atoms with Gasteiger partial charge in [0.1, 0.15) is 5.82 Å². The summed E-state index contributed by atoms with van der Waals surface area (Å²) < 4.78 is 2.37. The number of hydrogen-bond acceptors (Lipinski definition) is 2. The molecule has 0 bridgehead atoms. The molecule has 2 aromatic carbocycles. The lowest BCUT2D eigenvalue weighted by atomic mass is 10.2. The molecule has 0 unspecified atom stereocenters. The predicted molar refractivity (Wildman–Crippen MR) is 85.3 cm³/mol. The van der Waals surface area contributed by atoms with Crippen LogP contribution in [0.5, 0.6) is 0 Å². The third-order valence-corrected chi connectivity index (χ3v) is 4.24. The predicted octanol–water partition coefficient (Wildman–Crippen LogP) is 3.51. The molecule has 0 aliphatic carbocycles. The Balaban J connectivity index is 1.82. The molecule has 1 aromatic heterocycles. The molecule has 3 heteroatoms. The minimum absolute atomic E-state index is 0.390. The van der Waals surface area contributed by atoms with Crippen LogP contribution in [0.25, 0.3) is 11.0 Å². The highest BCUT2D eigenvalue weighted by Crippen LogP contribution is 2.27. The summed E-state index contributed by atoms with van der Waals surface area (Å²) in [6.45, 7) is 1.98. The summed E-state index contributed by atoms with van der Waals surface area (Å²) in [7, 11) is 0. The highest BCUT2D eigenvalue weighted by molar-refractivity contribution is 5.76. The minimum Gasteiger partial charge on any atom is -0.322 e. The van der Waals surface area contributed by atoms with Crippen LogP contribution in [-0.2, 0) is 6.54 Å². The number of rotatable bonds is 3. The summed E-state index contributed by atoms with van der Waals surface area (Å²) in [5, 5.41) is 3.58. The van der Waals surface area contributed by atoms with E-state index in [2.05, 4.69) is 64.5 Å². The third kappa shape index (κ3) is 2.34. The largest absolute Gasteiger partial charge is 0.322 e. The van der Waals surface area contributed by atoms with Crippen LogP contribution in [0, 0.1) is 0 Å². The van der Waals surface area contributed by atoms with Crippen molar-refractivity contribution in [1.29, 1.82) is 0 Å². The van der Waals surface area contributed by atoms with E-state index in [4.69, 9.17) is 4.98 Å². The first-order valence-corrected chi connectivity index (χ1v) is 7.64. The van der Waals surface area contributed by atoms with Crippen LogP contribution >= 0.6 is 0 Å². The smallest absolute Gasteiger partial charge is 0.127 e. The molecule has 106 valence electrons. The highest BCUT2D eigenvalue weighted by atomic mass is 15.1. The topological polar surface area (TPSA) is 29.9 Å². The summed E-state index contributed by atoms with van der Waals surface area (Å²) in [5.41, 5.74) is 3.64. The maximum absolute atomic E-state index is 4.89. The van der Waals surface area contributed by atoms with Gasteiger partial charge in [0.2, 0.25) is 0 Å². The summed E-state index contributed by atoms with van der Waals surface area (Å²) in [6.07, 6.45) is 2.41. The van der Waals surface area contributed by atoms with Crippen LogP contribution in [0.4, 0.5) is 0 Å². The lowest BCUT2D eigenvalue weighted by molar-refractivity contribution is 0.571. The van der Waals surface area contributed by atoms with E-state index in [9.17, 15) is 0 Å². The van der Waals surface area contributed by atoms with Gasteiger partial charge in [0.15, 0.2) is 0 Å². The molecule has 1 fully saturated rings. The molecule has 0 radical (unpaired) electrons. The van der Waals surface area contributed by atoms with Crippen molar-refractivity contribution in [2.75, 3.05) is 6.54 Å². The molecule has 3 nitrogen and oxygen atoms in total. The molecular formula is C18H19N3. The lowest BCUT2D eigenvalue weighted by Gasteiger charge is -2.14. The van der Waals surface area contributed by atoms with Gasteiger partial charge in [0, 0.05) is 6.54 Å². The molecule has 3 aromatic rings. The van der Waals surface area contributed by atoms with Crippen molar-refractivity contribution in [3.63, 3.8) is 0 Å². The van der Waals surface area contributed by atoms with Gasteiger partial charge in [-0.3, -0.25) is 0 Å². The van der Waals surface area contributed by atoms with E-state index < -0.39 is 0 Å². The van der Waals surface area contributed by atoms with Crippen LogP contribution in [0.3, 0.4) is 0 Å². The van der Waals surface area contributed by atoms with Gasteiger partial charge in [0.25, 0.3) is 0 Å². The molecule has 1 N–H and O–H groups in total. The van der Waals surface area contributed by atoms with Crippen molar-refractivity contribution in [2.45, 2.75) is 25.4 Å². The van der Waals surface area contributed by atoms with Crippen LogP contribution in [0.15, 0.2) is 54.6 Å². The first-order chi connectivity index (χ1) is 10.4. The number of nitrogens with one attached hydrogen (secondary N) is 1. The number of imidazole rings is 1. The summed E-state index contributed by atoms with van der Waals surface area (Å²) >= 11 is 0. The quantitative estimate of drug-likeness (QED) is 0.794. The first kappa shape index (κ1) is 12.6. The molecule has 4 rings (SSSR count). The Morgan fingerprint density at radius 2 is 1.86 bits per heavy atom. The van der Waals surface area contributed by atoms with Crippen molar-refractivity contribution in [3.05, 3.63) is 66.0 Å². The molecule has 2 heterocycles. The van der Waals surface area contributed by atoms with Gasteiger partial charge >= 0.3 is 0 Å². The fourth-order valence-corrected chi connectivity index (χ4v) is 3.20. The molecule has 1 saturated heterocycles. The van der Waals surface area contributed by atoms with Crippen LogP contribution in [0.1, 0.15) is 30.3 Å². The van der Waals surface area contributed by atoms with Crippen LogP contribution in [-0.4, -0.2) is 16.1 Å². The second-order valence-electron chi connectivity index (χ2n) is 5.68. The van der Waals surface area contributed by atoms with Gasteiger partial charge in [-0.1, -0.05) is 42.5 Å². The zero-order chi connectivity index (χ0) is 14.1. The van der Waals surface area contributed by atoms with Gasteiger partial charge in [-0.25, -0.2) is 4.98 Å². The average Bonchev–Trinajstić information content (AvgIpc) is 3.16. The van der Waals surface area contributed by atoms with Gasteiger partial charge in [-0.15, -0.1) is 0 Å². The second kappa shape index (κ2) is 5.34. The highest BCUT2D eigenvalue weighted by Gasteiger charge is 2.23. The second-order valence-corrected chi connectivity index (χ2v) is 5.68. The molecular weight excluding hydrogens is 258 g/mol. The van der Waals surface area contributed by atoms with E-state index in [0.717, 1.165) is 18.6 Å². The van der Waals surface area contributed by atoms with Crippen molar-refractivity contribution in [1.82, 2.24) is 14.9 Å². The van der Waals surface area contributed by atoms with E-state index in [1.54, 1.807) is 0 Å². The Morgan fingerprint density at radius 1 is 1.05 bits per heavy atom. The summed E-state index contributed by atoms with van der Waals surface area (Å²) in [4.78, 5) is 4.89. The fraction of sp³-hybridized carbons (Fsp3) is 0.278. The van der Waals surface area contributed by atoms with Gasteiger partial charge in [-0.2, -0.15) is 0 Å². The molecule has 0 saturated carbocycles. The lowest BCUT2D eigenvalue weighted by Crippen LogP contribution is -2.18. The molecule has 1 aliphatic heterocycles. The molecule has 21 heavy (non-hydrogen) atoms. The standard InChI is InChI=1S/C18H19N3/c1-2-7-14(8-3-1)13-21-17-11-5-4-9-15(17)20-18(21)16-10-6-12-19-16/h1-5,7-9,11,16,19H,6,10,12-13H2/t16-/m0/s1. The number of nitrogens with zero attached hydrogens (tertiary/aromatic N) is 2. The summed E-state index contributed by atoms with van der Waals surface area (Å²) in [5.74, 6) is 1.18. The zero-order valence-electron chi connectivity index (χ0n) is 12.0. The van der Waals surface area contributed by atoms with E-state index >= 15 is 0 Å². The average molecular weight is 277 g/mol. The molecule has 0 amide bonds. The Morgan fingerprint density at radius 3 is 2.67 bits per heavy atom. The molecule has 1 aliphatic rings. The summed E-state index contributed by atoms with van der Waals surface area (Å²) in [6, 6.07) is 19.4.